The van der Waals surface area contributed by atoms with Crippen molar-refractivity contribution in [2.75, 3.05) is 6.54 Å². The summed E-state index contributed by atoms with van der Waals surface area (Å²) in [6.07, 6.45) is 5.56. The van der Waals surface area contributed by atoms with Gasteiger partial charge >= 0.3 is 0 Å². The maximum atomic E-state index is 11.9. The van der Waals surface area contributed by atoms with E-state index in [9.17, 15) is 4.79 Å². The Labute approximate surface area is 109 Å². The first-order valence-electron chi connectivity index (χ1n) is 6.76. The number of rotatable bonds is 4. The van der Waals surface area contributed by atoms with Crippen molar-refractivity contribution in [3.63, 3.8) is 0 Å². The fourth-order valence-corrected chi connectivity index (χ4v) is 2.78. The molecule has 1 aromatic carbocycles. The van der Waals surface area contributed by atoms with E-state index in [-0.39, 0.29) is 5.91 Å². The third-order valence-electron chi connectivity index (χ3n) is 3.68. The van der Waals surface area contributed by atoms with Gasteiger partial charge in [-0.15, -0.1) is 0 Å². The van der Waals surface area contributed by atoms with E-state index in [4.69, 9.17) is 0 Å². The van der Waals surface area contributed by atoms with Crippen molar-refractivity contribution < 1.29 is 4.79 Å². The molecule has 0 fully saturated rings. The molecule has 1 amide bonds. The number of aryl methyl sites for hydroxylation is 1. The van der Waals surface area contributed by atoms with Gasteiger partial charge in [0.15, 0.2) is 0 Å². The second kappa shape index (κ2) is 5.85. The molecule has 18 heavy (non-hydrogen) atoms. The first-order chi connectivity index (χ1) is 8.76. The lowest BCUT2D eigenvalue weighted by Gasteiger charge is -2.34. The Hall–Kier alpha value is -1.57. The molecule has 1 unspecified atom stereocenters. The first kappa shape index (κ1) is 12.9. The van der Waals surface area contributed by atoms with E-state index < -0.39 is 0 Å². The molecule has 0 saturated carbocycles. The van der Waals surface area contributed by atoms with E-state index in [0.29, 0.717) is 6.04 Å². The summed E-state index contributed by atoms with van der Waals surface area (Å²) in [5.74, 6) is 0.0706. The Morgan fingerprint density at radius 1 is 1.44 bits per heavy atom. The normalized spacial score (nSPS) is 17.9. The molecule has 0 bridgehead atoms. The molecule has 0 saturated heterocycles. The predicted octanol–water partition coefficient (Wildman–Crippen LogP) is 2.97. The summed E-state index contributed by atoms with van der Waals surface area (Å²) in [7, 11) is 0. The van der Waals surface area contributed by atoms with Gasteiger partial charge in [0, 0.05) is 12.6 Å². The highest BCUT2D eigenvalue weighted by Gasteiger charge is 2.25. The minimum atomic E-state index is 0.0706. The summed E-state index contributed by atoms with van der Waals surface area (Å²) < 4.78 is 0. The van der Waals surface area contributed by atoms with Gasteiger partial charge in [0.05, 0.1) is 0 Å². The maximum absolute atomic E-state index is 11.9. The Balaban J connectivity index is 2.15. The van der Waals surface area contributed by atoms with Gasteiger partial charge in [-0.05, 0) is 42.9 Å². The molecule has 1 aromatic rings. The van der Waals surface area contributed by atoms with Crippen LogP contribution in [-0.2, 0) is 17.6 Å². The first-order valence-corrected chi connectivity index (χ1v) is 6.76. The zero-order chi connectivity index (χ0) is 13.0. The summed E-state index contributed by atoms with van der Waals surface area (Å²) in [6, 6.07) is 8.90. The molecule has 0 radical (unpaired) electrons. The van der Waals surface area contributed by atoms with Crippen LogP contribution in [0.2, 0.25) is 0 Å². The minimum Gasteiger partial charge on any atom is -0.336 e. The second-order valence-electron chi connectivity index (χ2n) is 4.90. The maximum Gasteiger partial charge on any atom is 0.246 e. The van der Waals surface area contributed by atoms with Crippen LogP contribution in [0.5, 0.6) is 0 Å². The van der Waals surface area contributed by atoms with Crippen molar-refractivity contribution in [3.05, 3.63) is 48.0 Å². The molecule has 1 aliphatic carbocycles. The smallest absolute Gasteiger partial charge is 0.246 e. The Morgan fingerprint density at radius 3 is 2.83 bits per heavy atom. The second-order valence-corrected chi connectivity index (χ2v) is 4.90. The highest BCUT2D eigenvalue weighted by molar-refractivity contribution is 5.87. The fraction of sp³-hybridized carbons (Fsp3) is 0.438. The van der Waals surface area contributed by atoms with Gasteiger partial charge < -0.3 is 4.90 Å². The quantitative estimate of drug-likeness (QED) is 0.744. The molecule has 1 atom stereocenters. The van der Waals surface area contributed by atoms with Gasteiger partial charge in [-0.2, -0.15) is 0 Å². The number of carbonyl (C=O) groups excluding carboxylic acids is 1. The monoisotopic (exact) mass is 243 g/mol. The zero-order valence-electron chi connectivity index (χ0n) is 11.1. The number of amides is 1. The molecule has 0 aromatic heterocycles. The molecule has 96 valence electrons. The molecule has 1 aliphatic rings. The van der Waals surface area contributed by atoms with Gasteiger partial charge in [-0.25, -0.2) is 0 Å². The highest BCUT2D eigenvalue weighted by atomic mass is 16.2. The van der Waals surface area contributed by atoms with Gasteiger partial charge in [0.25, 0.3) is 0 Å². The third-order valence-corrected chi connectivity index (χ3v) is 3.68. The third kappa shape index (κ3) is 2.63. The molecule has 2 nitrogen and oxygen atoms in total. The van der Waals surface area contributed by atoms with Gasteiger partial charge in [0.1, 0.15) is 0 Å². The van der Waals surface area contributed by atoms with Crippen molar-refractivity contribution in [1.82, 2.24) is 4.90 Å². The van der Waals surface area contributed by atoms with Crippen molar-refractivity contribution in [2.24, 2.45) is 0 Å². The van der Waals surface area contributed by atoms with Crippen LogP contribution in [-0.4, -0.2) is 23.4 Å². The number of nitrogens with zero attached hydrogens (tertiary/aromatic N) is 1. The number of fused-ring (bicyclic) bond motifs is 1. The summed E-state index contributed by atoms with van der Waals surface area (Å²) in [5, 5.41) is 0. The summed E-state index contributed by atoms with van der Waals surface area (Å²) in [6.45, 7) is 6.55. The van der Waals surface area contributed by atoms with Crippen LogP contribution in [0.4, 0.5) is 0 Å². The Kier molecular flexibility index (Phi) is 4.19. The van der Waals surface area contributed by atoms with Crippen LogP contribution in [0.15, 0.2) is 36.9 Å². The summed E-state index contributed by atoms with van der Waals surface area (Å²) >= 11 is 0. The fourth-order valence-electron chi connectivity index (χ4n) is 2.78. The number of hydrogen-bond acceptors (Lipinski definition) is 1. The van der Waals surface area contributed by atoms with Crippen LogP contribution in [0.3, 0.4) is 0 Å². The predicted molar refractivity (Wildman–Crippen MR) is 74.5 cm³/mol. The summed E-state index contributed by atoms with van der Waals surface area (Å²) in [5.41, 5.74) is 2.84. The van der Waals surface area contributed by atoms with Crippen molar-refractivity contribution >= 4 is 5.91 Å². The number of carbonyl (C=O) groups is 1. The van der Waals surface area contributed by atoms with E-state index >= 15 is 0 Å². The van der Waals surface area contributed by atoms with Crippen LogP contribution < -0.4 is 0 Å². The average molecular weight is 243 g/mol. The van der Waals surface area contributed by atoms with Crippen LogP contribution in [0.1, 0.15) is 30.9 Å². The van der Waals surface area contributed by atoms with Crippen LogP contribution in [0.25, 0.3) is 0 Å². The van der Waals surface area contributed by atoms with E-state index in [0.717, 1.165) is 32.2 Å². The lowest BCUT2D eigenvalue weighted by molar-refractivity contribution is -0.128. The van der Waals surface area contributed by atoms with Crippen molar-refractivity contribution in [3.8, 4) is 0 Å². The van der Waals surface area contributed by atoms with E-state index in [1.54, 1.807) is 0 Å². The molecule has 2 rings (SSSR count). The SMILES string of the molecule is C=CC(=O)N(CCC)C1CCc2ccccc2C1. The molecular weight excluding hydrogens is 222 g/mol. The van der Waals surface area contributed by atoms with Crippen LogP contribution in [0, 0.1) is 0 Å². The molecule has 2 heteroatoms. The lowest BCUT2D eigenvalue weighted by Crippen LogP contribution is -2.43. The van der Waals surface area contributed by atoms with E-state index in [1.165, 1.54) is 17.2 Å². The van der Waals surface area contributed by atoms with E-state index in [1.807, 2.05) is 4.90 Å². The van der Waals surface area contributed by atoms with Crippen molar-refractivity contribution in [2.45, 2.75) is 38.6 Å². The van der Waals surface area contributed by atoms with E-state index in [2.05, 4.69) is 37.8 Å². The highest BCUT2D eigenvalue weighted by Crippen LogP contribution is 2.24. The standard InChI is InChI=1S/C16H21NO/c1-3-11-17(16(18)4-2)15-10-9-13-7-5-6-8-14(13)12-15/h4-8,15H,2-3,9-12H2,1H3. The van der Waals surface area contributed by atoms with Gasteiger partial charge in [-0.1, -0.05) is 37.8 Å². The van der Waals surface area contributed by atoms with Crippen LogP contribution >= 0.6 is 0 Å². The topological polar surface area (TPSA) is 20.3 Å². The summed E-state index contributed by atoms with van der Waals surface area (Å²) in [4.78, 5) is 13.9. The largest absolute Gasteiger partial charge is 0.336 e. The van der Waals surface area contributed by atoms with Crippen molar-refractivity contribution in [1.29, 1.82) is 0 Å². The molecule has 0 N–H and O–H groups in total. The van der Waals surface area contributed by atoms with Gasteiger partial charge in [-0.3, -0.25) is 4.79 Å². The lowest BCUT2D eigenvalue weighted by atomic mass is 9.87. The Morgan fingerprint density at radius 2 is 2.17 bits per heavy atom. The Bertz CT molecular complexity index is 438. The average Bonchev–Trinajstić information content (AvgIpc) is 2.43. The molecule has 0 spiro atoms. The van der Waals surface area contributed by atoms with Gasteiger partial charge in [0.2, 0.25) is 5.91 Å². The molecule has 0 heterocycles. The minimum absolute atomic E-state index is 0.0706. The number of hydrogen-bond donors (Lipinski definition) is 0. The zero-order valence-corrected chi connectivity index (χ0v) is 11.1. The molecular formula is C16H21NO. The molecule has 0 aliphatic heterocycles. The number of benzene rings is 1.